The molecule has 3 rings (SSSR count). The normalized spacial score (nSPS) is 23.8. The van der Waals surface area contributed by atoms with Crippen LogP contribution in [0.25, 0.3) is 0 Å². The minimum atomic E-state index is -4.03. The van der Waals surface area contributed by atoms with Gasteiger partial charge in [0.15, 0.2) is 0 Å². The topological polar surface area (TPSA) is 87.9 Å². The molecule has 1 spiro atoms. The zero-order chi connectivity index (χ0) is 15.1. The first-order valence-corrected chi connectivity index (χ1v) is 8.56. The summed E-state index contributed by atoms with van der Waals surface area (Å²) in [5, 5.41) is 5.36. The quantitative estimate of drug-likeness (QED) is 0.916. The highest BCUT2D eigenvalue weighted by Crippen LogP contribution is 2.48. The lowest BCUT2D eigenvalue weighted by Crippen LogP contribution is -2.42. The van der Waals surface area contributed by atoms with Crippen molar-refractivity contribution in [2.24, 2.45) is 5.14 Å². The molecule has 0 aromatic heterocycles. The average molecular weight is 334 g/mol. The van der Waals surface area contributed by atoms with E-state index in [9.17, 15) is 8.42 Å². The van der Waals surface area contributed by atoms with Gasteiger partial charge in [0.05, 0.1) is 11.6 Å². The van der Waals surface area contributed by atoms with E-state index in [2.05, 4.69) is 0 Å². The van der Waals surface area contributed by atoms with E-state index in [1.54, 1.807) is 18.2 Å². The summed E-state index contributed by atoms with van der Waals surface area (Å²) in [6, 6.07) is 5.26. The lowest BCUT2D eigenvalue weighted by molar-refractivity contribution is -0.230. The third kappa shape index (κ3) is 3.17. The Balaban J connectivity index is 1.93. The molecule has 1 aliphatic heterocycles. The fourth-order valence-electron chi connectivity index (χ4n) is 2.83. The Morgan fingerprint density at radius 2 is 2.10 bits per heavy atom. The van der Waals surface area contributed by atoms with Crippen LogP contribution in [0.1, 0.15) is 37.4 Å². The standard InChI is InChI=1S/C13H16ClNO5S/c14-10-5-3-4-9-11(8-18-21(15,16)17)19-13(20-12(9)10)6-1-2-7-13/h3-5,11H,1-2,6-8H2,(H2,15,16,17)/t11-/m0/s1. The van der Waals surface area contributed by atoms with Gasteiger partial charge < -0.3 is 9.47 Å². The summed E-state index contributed by atoms with van der Waals surface area (Å²) in [4.78, 5) is 0. The van der Waals surface area contributed by atoms with E-state index in [1.807, 2.05) is 0 Å². The molecule has 1 atom stereocenters. The van der Waals surface area contributed by atoms with E-state index in [0.717, 1.165) is 25.7 Å². The SMILES string of the molecule is NS(=O)(=O)OC[C@@H]1OC2(CCCC2)Oc2c(Cl)cccc21. The summed E-state index contributed by atoms with van der Waals surface area (Å²) in [5.41, 5.74) is 0.670. The first-order valence-electron chi connectivity index (χ1n) is 6.71. The van der Waals surface area contributed by atoms with Crippen molar-refractivity contribution in [2.75, 3.05) is 6.61 Å². The highest BCUT2D eigenvalue weighted by atomic mass is 35.5. The molecular weight excluding hydrogens is 318 g/mol. The number of hydrogen-bond donors (Lipinski definition) is 1. The third-order valence-corrected chi connectivity index (χ3v) is 4.50. The second-order valence-electron chi connectivity index (χ2n) is 5.26. The number of halogens is 1. The Hall–Kier alpha value is -0.860. The molecule has 1 saturated carbocycles. The van der Waals surface area contributed by atoms with E-state index < -0.39 is 22.2 Å². The van der Waals surface area contributed by atoms with Gasteiger partial charge in [0, 0.05) is 18.4 Å². The average Bonchev–Trinajstić information content (AvgIpc) is 2.85. The fourth-order valence-corrected chi connectivity index (χ4v) is 3.37. The van der Waals surface area contributed by atoms with Gasteiger partial charge >= 0.3 is 10.3 Å². The van der Waals surface area contributed by atoms with Gasteiger partial charge in [-0.05, 0) is 18.9 Å². The van der Waals surface area contributed by atoms with Crippen LogP contribution in [-0.4, -0.2) is 20.8 Å². The monoisotopic (exact) mass is 333 g/mol. The van der Waals surface area contributed by atoms with Crippen molar-refractivity contribution in [3.05, 3.63) is 28.8 Å². The Kier molecular flexibility index (Phi) is 3.87. The maximum atomic E-state index is 11.0. The minimum Gasteiger partial charge on any atom is -0.460 e. The molecule has 1 fully saturated rings. The third-order valence-electron chi connectivity index (χ3n) is 3.74. The summed E-state index contributed by atoms with van der Waals surface area (Å²) in [6.45, 7) is -0.197. The molecule has 0 radical (unpaired) electrons. The van der Waals surface area contributed by atoms with E-state index in [4.69, 9.17) is 30.4 Å². The van der Waals surface area contributed by atoms with E-state index in [0.29, 0.717) is 16.3 Å². The Morgan fingerprint density at radius 1 is 1.38 bits per heavy atom. The first kappa shape index (κ1) is 15.1. The Bertz CT molecular complexity index is 642. The van der Waals surface area contributed by atoms with Gasteiger partial charge in [-0.3, -0.25) is 4.18 Å². The van der Waals surface area contributed by atoms with E-state index in [1.165, 1.54) is 0 Å². The maximum absolute atomic E-state index is 11.0. The number of rotatable bonds is 3. The van der Waals surface area contributed by atoms with E-state index in [-0.39, 0.29) is 6.61 Å². The molecule has 21 heavy (non-hydrogen) atoms. The molecular formula is C13H16ClNO5S. The molecule has 2 aliphatic rings. The van der Waals surface area contributed by atoms with Gasteiger partial charge in [-0.2, -0.15) is 8.42 Å². The Labute approximate surface area is 128 Å². The van der Waals surface area contributed by atoms with E-state index >= 15 is 0 Å². The molecule has 116 valence electrons. The molecule has 1 aromatic carbocycles. The smallest absolute Gasteiger partial charge is 0.333 e. The largest absolute Gasteiger partial charge is 0.460 e. The molecule has 8 heteroatoms. The molecule has 6 nitrogen and oxygen atoms in total. The number of nitrogens with two attached hydrogens (primary N) is 1. The van der Waals surface area contributed by atoms with Gasteiger partial charge in [0.25, 0.3) is 0 Å². The number of benzene rings is 1. The van der Waals surface area contributed by atoms with Crippen LogP contribution in [-0.2, 0) is 19.2 Å². The number of hydrogen-bond acceptors (Lipinski definition) is 5. The van der Waals surface area contributed by atoms with Crippen LogP contribution in [0, 0.1) is 0 Å². The zero-order valence-electron chi connectivity index (χ0n) is 11.2. The van der Waals surface area contributed by atoms with Gasteiger partial charge in [0.2, 0.25) is 5.79 Å². The van der Waals surface area contributed by atoms with Gasteiger partial charge in [-0.15, -0.1) is 0 Å². The van der Waals surface area contributed by atoms with Crippen LogP contribution in [0.3, 0.4) is 0 Å². The lowest BCUT2D eigenvalue weighted by Gasteiger charge is -2.40. The van der Waals surface area contributed by atoms with Gasteiger partial charge in [0.1, 0.15) is 11.9 Å². The summed E-state index contributed by atoms with van der Waals surface area (Å²) in [7, 11) is -4.03. The van der Waals surface area contributed by atoms with Crippen LogP contribution in [0.4, 0.5) is 0 Å². The fraction of sp³-hybridized carbons (Fsp3) is 0.538. The maximum Gasteiger partial charge on any atom is 0.333 e. The van der Waals surface area contributed by atoms with Crippen molar-refractivity contribution in [3.8, 4) is 5.75 Å². The lowest BCUT2D eigenvalue weighted by atomic mass is 10.0. The first-order chi connectivity index (χ1) is 9.89. The van der Waals surface area contributed by atoms with Crippen LogP contribution in [0.5, 0.6) is 5.75 Å². The van der Waals surface area contributed by atoms with Crippen LogP contribution < -0.4 is 9.88 Å². The predicted molar refractivity (Wildman–Crippen MR) is 76.2 cm³/mol. The second-order valence-corrected chi connectivity index (χ2v) is 6.89. The van der Waals surface area contributed by atoms with Crippen molar-refractivity contribution in [2.45, 2.75) is 37.6 Å². The highest BCUT2D eigenvalue weighted by Gasteiger charge is 2.45. The molecule has 0 saturated heterocycles. The summed E-state index contributed by atoms with van der Waals surface area (Å²) in [6.07, 6.45) is 2.88. The molecule has 2 N–H and O–H groups in total. The zero-order valence-corrected chi connectivity index (χ0v) is 12.8. The summed E-state index contributed by atoms with van der Waals surface area (Å²) in [5.74, 6) is -0.208. The molecule has 1 aliphatic carbocycles. The molecule has 0 amide bonds. The molecule has 1 heterocycles. The molecule has 0 bridgehead atoms. The second kappa shape index (κ2) is 5.40. The molecule has 1 aromatic rings. The summed E-state index contributed by atoms with van der Waals surface area (Å²) < 4.78 is 38.7. The van der Waals surface area contributed by atoms with Crippen molar-refractivity contribution in [1.82, 2.24) is 0 Å². The van der Waals surface area contributed by atoms with Crippen molar-refractivity contribution in [3.63, 3.8) is 0 Å². The highest BCUT2D eigenvalue weighted by molar-refractivity contribution is 7.84. The van der Waals surface area contributed by atoms with Crippen LogP contribution >= 0.6 is 11.6 Å². The number of para-hydroxylation sites is 1. The Morgan fingerprint density at radius 3 is 2.76 bits per heavy atom. The van der Waals surface area contributed by atoms with Crippen LogP contribution in [0.2, 0.25) is 5.02 Å². The minimum absolute atomic E-state index is 0.197. The van der Waals surface area contributed by atoms with Crippen molar-refractivity contribution >= 4 is 21.9 Å². The van der Waals surface area contributed by atoms with Gasteiger partial charge in [-0.1, -0.05) is 23.7 Å². The van der Waals surface area contributed by atoms with Crippen LogP contribution in [0.15, 0.2) is 18.2 Å². The summed E-state index contributed by atoms with van der Waals surface area (Å²) >= 11 is 6.19. The molecule has 0 unspecified atom stereocenters. The van der Waals surface area contributed by atoms with Gasteiger partial charge in [-0.25, -0.2) is 5.14 Å². The van der Waals surface area contributed by atoms with Crippen molar-refractivity contribution in [1.29, 1.82) is 0 Å². The van der Waals surface area contributed by atoms with Crippen molar-refractivity contribution < 1.29 is 22.1 Å². The number of ether oxygens (including phenoxy) is 2. The number of fused-ring (bicyclic) bond motifs is 1. The predicted octanol–water partition coefficient (Wildman–Crippen LogP) is 2.28.